The molecule has 1 aromatic heterocycles. The number of ether oxygens (including phenoxy) is 2. The van der Waals surface area contributed by atoms with E-state index in [9.17, 15) is 9.59 Å². The molecule has 1 aromatic carbocycles. The van der Waals surface area contributed by atoms with Gasteiger partial charge in [0, 0.05) is 10.9 Å². The van der Waals surface area contributed by atoms with E-state index in [0.717, 1.165) is 6.42 Å². The average molecular weight is 309 g/mol. The van der Waals surface area contributed by atoms with Crippen LogP contribution in [0.25, 0.3) is 11.0 Å². The molecule has 0 bridgehead atoms. The molecule has 0 spiro atoms. The summed E-state index contributed by atoms with van der Waals surface area (Å²) in [5.41, 5.74) is -0.0673. The van der Waals surface area contributed by atoms with Gasteiger partial charge in [0.25, 0.3) is 0 Å². The van der Waals surface area contributed by atoms with Crippen molar-refractivity contribution in [3.63, 3.8) is 0 Å². The number of rotatable bonds is 4. The Hall–Kier alpha value is -2.01. The third-order valence-electron chi connectivity index (χ3n) is 3.55. The van der Waals surface area contributed by atoms with Gasteiger partial charge in [-0.1, -0.05) is 11.6 Å². The Bertz CT molecular complexity index is 751. The molecule has 2 unspecified atom stereocenters. The number of carbonyl (C=O) groups is 1. The first-order valence-corrected chi connectivity index (χ1v) is 6.90. The van der Waals surface area contributed by atoms with E-state index < -0.39 is 5.63 Å². The molecule has 2 atom stereocenters. The van der Waals surface area contributed by atoms with E-state index in [2.05, 4.69) is 4.74 Å². The van der Waals surface area contributed by atoms with E-state index in [1.807, 2.05) is 0 Å². The van der Waals surface area contributed by atoms with Crippen molar-refractivity contribution in [2.45, 2.75) is 6.42 Å². The zero-order valence-corrected chi connectivity index (χ0v) is 12.1. The van der Waals surface area contributed by atoms with Crippen LogP contribution < -0.4 is 10.4 Å². The molecule has 5 nitrogen and oxygen atoms in total. The van der Waals surface area contributed by atoms with Crippen molar-refractivity contribution in [1.82, 2.24) is 0 Å². The number of hydrogen-bond acceptors (Lipinski definition) is 5. The van der Waals surface area contributed by atoms with Gasteiger partial charge in [-0.3, -0.25) is 4.79 Å². The van der Waals surface area contributed by atoms with Crippen molar-refractivity contribution in [3.8, 4) is 5.75 Å². The largest absolute Gasteiger partial charge is 0.492 e. The molecule has 1 fully saturated rings. The third kappa shape index (κ3) is 2.88. The van der Waals surface area contributed by atoms with E-state index in [-0.39, 0.29) is 17.8 Å². The molecule has 1 saturated carbocycles. The van der Waals surface area contributed by atoms with E-state index in [4.69, 9.17) is 20.8 Å². The Balaban J connectivity index is 1.80. The normalized spacial score (nSPS) is 20.3. The van der Waals surface area contributed by atoms with Gasteiger partial charge in [-0.2, -0.15) is 0 Å². The van der Waals surface area contributed by atoms with Crippen LogP contribution >= 0.6 is 11.6 Å². The van der Waals surface area contributed by atoms with Gasteiger partial charge in [0.1, 0.15) is 11.3 Å². The van der Waals surface area contributed by atoms with Crippen molar-refractivity contribution in [2.75, 3.05) is 13.7 Å². The molecule has 0 aliphatic heterocycles. The summed E-state index contributed by atoms with van der Waals surface area (Å²) in [6.07, 6.45) is 0.743. The van der Waals surface area contributed by atoms with Gasteiger partial charge in [0.05, 0.1) is 31.1 Å². The summed E-state index contributed by atoms with van der Waals surface area (Å²) in [5.74, 6) is 0.215. The van der Waals surface area contributed by atoms with Crippen LogP contribution in [0, 0.1) is 11.8 Å². The molecule has 1 aliphatic carbocycles. The molecule has 1 aliphatic rings. The van der Waals surface area contributed by atoms with Gasteiger partial charge in [0.15, 0.2) is 0 Å². The fraction of sp³-hybridized carbons (Fsp3) is 0.333. The molecule has 6 heteroatoms. The molecule has 110 valence electrons. The van der Waals surface area contributed by atoms with E-state index in [1.54, 1.807) is 18.2 Å². The summed E-state index contributed by atoms with van der Waals surface area (Å²) in [4.78, 5) is 22.9. The molecule has 0 N–H and O–H groups in total. The lowest BCUT2D eigenvalue weighted by Crippen LogP contribution is -2.09. The van der Waals surface area contributed by atoms with E-state index in [1.165, 1.54) is 13.2 Å². The minimum Gasteiger partial charge on any atom is -0.492 e. The molecule has 0 radical (unpaired) electrons. The monoisotopic (exact) mass is 308 g/mol. The molecule has 0 amide bonds. The fourth-order valence-corrected chi connectivity index (χ4v) is 2.47. The highest BCUT2D eigenvalue weighted by molar-refractivity contribution is 6.31. The maximum atomic E-state index is 11.5. The van der Waals surface area contributed by atoms with E-state index >= 15 is 0 Å². The lowest BCUT2D eigenvalue weighted by molar-refractivity contribution is -0.142. The minimum atomic E-state index is -0.486. The van der Waals surface area contributed by atoms with Crippen LogP contribution in [0.15, 0.2) is 33.5 Å². The number of esters is 1. The molecular formula is C15H13ClO5. The Morgan fingerprint density at radius 3 is 3.00 bits per heavy atom. The summed E-state index contributed by atoms with van der Waals surface area (Å²) >= 11 is 5.95. The maximum absolute atomic E-state index is 11.5. The van der Waals surface area contributed by atoms with Crippen LogP contribution in [-0.2, 0) is 9.53 Å². The summed E-state index contributed by atoms with van der Waals surface area (Å²) in [6, 6.07) is 6.24. The number of benzene rings is 1. The summed E-state index contributed by atoms with van der Waals surface area (Å²) in [6.45, 7) is 0.352. The highest BCUT2D eigenvalue weighted by Crippen LogP contribution is 2.40. The molecule has 1 heterocycles. The molecule has 3 rings (SSSR count). The van der Waals surface area contributed by atoms with Gasteiger partial charge in [-0.15, -0.1) is 0 Å². The lowest BCUT2D eigenvalue weighted by atomic mass is 10.2. The van der Waals surface area contributed by atoms with Crippen LogP contribution in [0.4, 0.5) is 0 Å². The summed E-state index contributed by atoms with van der Waals surface area (Å²) in [5, 5.41) is 1.16. The molecule has 2 aromatic rings. The smallest absolute Gasteiger partial charge is 0.339 e. The predicted octanol–water partition coefficient (Wildman–Crippen LogP) is 2.63. The van der Waals surface area contributed by atoms with Crippen LogP contribution in [0.5, 0.6) is 5.75 Å². The number of fused-ring (bicyclic) bond motifs is 1. The minimum absolute atomic E-state index is 0.107. The standard InChI is InChI=1S/C15H13ClO5/c1-19-15(18)10-4-8(10)7-20-13-6-14(17)21-12-3-2-9(16)5-11(12)13/h2-3,5-6,8,10H,4,7H2,1H3. The zero-order chi connectivity index (χ0) is 15.0. The van der Waals surface area contributed by atoms with Gasteiger partial charge in [0.2, 0.25) is 0 Å². The van der Waals surface area contributed by atoms with Crippen LogP contribution in [0.2, 0.25) is 5.02 Å². The highest BCUT2D eigenvalue weighted by Gasteiger charge is 2.44. The topological polar surface area (TPSA) is 65.7 Å². The fourth-order valence-electron chi connectivity index (χ4n) is 2.29. The SMILES string of the molecule is COC(=O)C1CC1COc1cc(=O)oc2ccc(Cl)cc12. The second-order valence-electron chi connectivity index (χ2n) is 5.01. The Kier molecular flexibility index (Phi) is 3.59. The zero-order valence-electron chi connectivity index (χ0n) is 11.3. The van der Waals surface area contributed by atoms with Crippen molar-refractivity contribution in [3.05, 3.63) is 39.7 Å². The summed E-state index contributed by atoms with van der Waals surface area (Å²) < 4.78 is 15.5. The van der Waals surface area contributed by atoms with E-state index in [0.29, 0.717) is 28.3 Å². The first-order chi connectivity index (χ1) is 10.1. The second-order valence-corrected chi connectivity index (χ2v) is 5.44. The van der Waals surface area contributed by atoms with Gasteiger partial charge < -0.3 is 13.9 Å². The highest BCUT2D eigenvalue weighted by atomic mass is 35.5. The Morgan fingerprint density at radius 1 is 1.43 bits per heavy atom. The van der Waals surface area contributed by atoms with Gasteiger partial charge in [-0.25, -0.2) is 4.79 Å². The van der Waals surface area contributed by atoms with Crippen LogP contribution in [0.1, 0.15) is 6.42 Å². The van der Waals surface area contributed by atoms with Crippen LogP contribution in [-0.4, -0.2) is 19.7 Å². The van der Waals surface area contributed by atoms with Crippen molar-refractivity contribution < 1.29 is 18.7 Å². The average Bonchev–Trinajstić information content (AvgIpc) is 3.24. The lowest BCUT2D eigenvalue weighted by Gasteiger charge is -2.08. The first-order valence-electron chi connectivity index (χ1n) is 6.52. The quantitative estimate of drug-likeness (QED) is 0.641. The molecule has 0 saturated heterocycles. The van der Waals surface area contributed by atoms with Gasteiger partial charge >= 0.3 is 11.6 Å². The number of methoxy groups -OCH3 is 1. The predicted molar refractivity (Wildman–Crippen MR) is 76.6 cm³/mol. The third-order valence-corrected chi connectivity index (χ3v) is 3.78. The Labute approximate surface area is 125 Å². The molecule has 21 heavy (non-hydrogen) atoms. The maximum Gasteiger partial charge on any atom is 0.339 e. The second kappa shape index (κ2) is 5.41. The number of halogens is 1. The van der Waals surface area contributed by atoms with Crippen molar-refractivity contribution >= 4 is 28.5 Å². The first kappa shape index (κ1) is 13.9. The Morgan fingerprint density at radius 2 is 2.24 bits per heavy atom. The van der Waals surface area contributed by atoms with Crippen molar-refractivity contribution in [1.29, 1.82) is 0 Å². The summed E-state index contributed by atoms with van der Waals surface area (Å²) in [7, 11) is 1.37. The van der Waals surface area contributed by atoms with Crippen LogP contribution in [0.3, 0.4) is 0 Å². The number of carbonyl (C=O) groups excluding carboxylic acids is 1. The van der Waals surface area contributed by atoms with Gasteiger partial charge in [-0.05, 0) is 24.6 Å². The number of hydrogen-bond donors (Lipinski definition) is 0. The molecular weight excluding hydrogens is 296 g/mol. The van der Waals surface area contributed by atoms with Crippen molar-refractivity contribution in [2.24, 2.45) is 11.8 Å².